The van der Waals surface area contributed by atoms with Gasteiger partial charge in [0.1, 0.15) is 0 Å². The monoisotopic (exact) mass is 276 g/mol. The van der Waals surface area contributed by atoms with Gasteiger partial charge in [-0.05, 0) is 17.9 Å². The molecule has 1 aliphatic heterocycles. The van der Waals surface area contributed by atoms with Gasteiger partial charge >= 0.3 is 0 Å². The van der Waals surface area contributed by atoms with Crippen LogP contribution in [0.4, 0.5) is 0 Å². The Labute approximate surface area is 123 Å². The number of nitrogens with one attached hydrogen (secondary N) is 1. The third kappa shape index (κ3) is 4.05. The molecule has 1 saturated heterocycles. The van der Waals surface area contributed by atoms with E-state index in [1.54, 1.807) is 7.11 Å². The van der Waals surface area contributed by atoms with Crippen LogP contribution in [0.15, 0.2) is 30.3 Å². The van der Waals surface area contributed by atoms with Crippen molar-refractivity contribution < 1.29 is 4.74 Å². The van der Waals surface area contributed by atoms with Crippen molar-refractivity contribution in [2.75, 3.05) is 33.4 Å². The van der Waals surface area contributed by atoms with Crippen LogP contribution in [0.2, 0.25) is 0 Å². The van der Waals surface area contributed by atoms with Crippen molar-refractivity contribution in [2.24, 2.45) is 5.92 Å². The van der Waals surface area contributed by atoms with Gasteiger partial charge in [0, 0.05) is 45.4 Å². The summed E-state index contributed by atoms with van der Waals surface area (Å²) in [6, 6.07) is 11.9. The number of nitrogens with zero attached hydrogens (tertiary/aromatic N) is 1. The molecule has 0 spiro atoms. The van der Waals surface area contributed by atoms with Crippen LogP contribution >= 0.6 is 0 Å². The molecule has 2 atom stereocenters. The highest BCUT2D eigenvalue weighted by Crippen LogP contribution is 2.23. The quantitative estimate of drug-likeness (QED) is 0.809. The van der Waals surface area contributed by atoms with Gasteiger partial charge in [0.2, 0.25) is 0 Å². The number of benzene rings is 1. The smallest absolute Gasteiger partial charge is 0.0474 e. The zero-order valence-electron chi connectivity index (χ0n) is 13.0. The van der Waals surface area contributed by atoms with Crippen LogP contribution in [-0.4, -0.2) is 44.3 Å². The average molecular weight is 276 g/mol. The summed E-state index contributed by atoms with van der Waals surface area (Å²) in [6.07, 6.45) is 1.11. The van der Waals surface area contributed by atoms with Crippen molar-refractivity contribution in [2.45, 2.75) is 32.4 Å². The van der Waals surface area contributed by atoms with Crippen molar-refractivity contribution in [3.63, 3.8) is 0 Å². The van der Waals surface area contributed by atoms with Gasteiger partial charge in [-0.2, -0.15) is 0 Å². The molecule has 1 aliphatic rings. The molecule has 1 fully saturated rings. The molecule has 0 radical (unpaired) electrons. The summed E-state index contributed by atoms with van der Waals surface area (Å²) in [7, 11) is 1.78. The Morgan fingerprint density at radius 2 is 2.05 bits per heavy atom. The van der Waals surface area contributed by atoms with Crippen LogP contribution in [0.3, 0.4) is 0 Å². The second-order valence-electron chi connectivity index (χ2n) is 6.02. The zero-order chi connectivity index (χ0) is 14.4. The van der Waals surface area contributed by atoms with Crippen LogP contribution in [-0.2, 0) is 4.74 Å². The van der Waals surface area contributed by atoms with E-state index in [9.17, 15) is 0 Å². The summed E-state index contributed by atoms with van der Waals surface area (Å²) in [5, 5.41) is 3.71. The van der Waals surface area contributed by atoms with Gasteiger partial charge in [-0.15, -0.1) is 0 Å². The molecule has 3 nitrogen and oxygen atoms in total. The number of rotatable bonds is 6. The van der Waals surface area contributed by atoms with Gasteiger partial charge in [0.05, 0.1) is 0 Å². The number of methoxy groups -OCH3 is 1. The van der Waals surface area contributed by atoms with Gasteiger partial charge in [-0.1, -0.05) is 44.2 Å². The number of piperazine rings is 1. The van der Waals surface area contributed by atoms with Crippen LogP contribution in [0, 0.1) is 5.92 Å². The van der Waals surface area contributed by atoms with Crippen molar-refractivity contribution in [1.82, 2.24) is 10.2 Å². The van der Waals surface area contributed by atoms with Crippen molar-refractivity contribution in [3.8, 4) is 0 Å². The maximum atomic E-state index is 5.20. The highest BCUT2D eigenvalue weighted by Gasteiger charge is 2.29. The van der Waals surface area contributed by atoms with E-state index in [2.05, 4.69) is 54.4 Å². The van der Waals surface area contributed by atoms with E-state index in [0.717, 1.165) is 32.7 Å². The molecule has 0 bridgehead atoms. The molecule has 0 aliphatic carbocycles. The number of hydrogen-bond donors (Lipinski definition) is 1. The highest BCUT2D eigenvalue weighted by atomic mass is 16.5. The molecule has 0 saturated carbocycles. The molecule has 1 aromatic rings. The molecule has 20 heavy (non-hydrogen) atoms. The first-order valence-electron chi connectivity index (χ1n) is 7.73. The minimum Gasteiger partial charge on any atom is -0.385 e. The fraction of sp³-hybridized carbons (Fsp3) is 0.647. The van der Waals surface area contributed by atoms with Crippen LogP contribution in [0.1, 0.15) is 31.9 Å². The Hall–Kier alpha value is -0.900. The average Bonchev–Trinajstić information content (AvgIpc) is 2.48. The standard InChI is InChI=1S/C17H28N2O/c1-14(2)17-12-18-16(15-8-5-4-6-9-15)13-19(17)10-7-11-20-3/h4-6,8-9,14,16-18H,7,10-13H2,1-3H3. The third-order valence-electron chi connectivity index (χ3n) is 4.22. The SMILES string of the molecule is COCCCN1CC(c2ccccc2)NCC1C(C)C. The molecule has 0 aromatic heterocycles. The largest absolute Gasteiger partial charge is 0.385 e. The Bertz CT molecular complexity index is 380. The van der Waals surface area contributed by atoms with Crippen LogP contribution in [0.25, 0.3) is 0 Å². The lowest BCUT2D eigenvalue weighted by molar-refractivity contribution is 0.0850. The maximum Gasteiger partial charge on any atom is 0.0474 e. The maximum absolute atomic E-state index is 5.20. The summed E-state index contributed by atoms with van der Waals surface area (Å²) in [5.41, 5.74) is 1.39. The summed E-state index contributed by atoms with van der Waals surface area (Å²) in [5.74, 6) is 0.682. The minimum absolute atomic E-state index is 0.453. The molecule has 1 N–H and O–H groups in total. The Kier molecular flexibility index (Phi) is 6.02. The summed E-state index contributed by atoms with van der Waals surface area (Å²) >= 11 is 0. The van der Waals surface area contributed by atoms with E-state index in [-0.39, 0.29) is 0 Å². The predicted molar refractivity (Wildman–Crippen MR) is 83.9 cm³/mol. The molecule has 2 rings (SSSR count). The molecule has 0 amide bonds. The highest BCUT2D eigenvalue weighted by molar-refractivity contribution is 5.20. The second-order valence-corrected chi connectivity index (χ2v) is 6.02. The lowest BCUT2D eigenvalue weighted by Crippen LogP contribution is -2.55. The number of ether oxygens (including phenoxy) is 1. The topological polar surface area (TPSA) is 24.5 Å². The minimum atomic E-state index is 0.453. The fourth-order valence-corrected chi connectivity index (χ4v) is 3.06. The van der Waals surface area contributed by atoms with E-state index in [1.807, 2.05) is 0 Å². The molecular weight excluding hydrogens is 248 g/mol. The first-order chi connectivity index (χ1) is 9.72. The van der Waals surface area contributed by atoms with Crippen LogP contribution in [0.5, 0.6) is 0 Å². The third-order valence-corrected chi connectivity index (χ3v) is 4.22. The van der Waals surface area contributed by atoms with E-state index < -0.39 is 0 Å². The van der Waals surface area contributed by atoms with Gasteiger partial charge < -0.3 is 10.1 Å². The van der Waals surface area contributed by atoms with E-state index in [4.69, 9.17) is 4.74 Å². The van der Waals surface area contributed by atoms with E-state index in [0.29, 0.717) is 18.0 Å². The van der Waals surface area contributed by atoms with Crippen LogP contribution < -0.4 is 5.32 Å². The normalized spacial score (nSPS) is 24.2. The summed E-state index contributed by atoms with van der Waals surface area (Å²) in [6.45, 7) is 8.78. The Morgan fingerprint density at radius 3 is 2.70 bits per heavy atom. The fourth-order valence-electron chi connectivity index (χ4n) is 3.06. The second kappa shape index (κ2) is 7.77. The first-order valence-corrected chi connectivity index (χ1v) is 7.73. The molecule has 1 aromatic carbocycles. The predicted octanol–water partition coefficient (Wildman–Crippen LogP) is 2.69. The molecule has 3 heteroatoms. The lowest BCUT2D eigenvalue weighted by Gasteiger charge is -2.42. The molecular formula is C17H28N2O. The molecule has 112 valence electrons. The lowest BCUT2D eigenvalue weighted by atomic mass is 9.95. The first kappa shape index (κ1) is 15.5. The van der Waals surface area contributed by atoms with E-state index >= 15 is 0 Å². The molecule has 2 unspecified atom stereocenters. The number of hydrogen-bond acceptors (Lipinski definition) is 3. The summed E-state index contributed by atoms with van der Waals surface area (Å²) < 4.78 is 5.20. The Balaban J connectivity index is 1.99. The van der Waals surface area contributed by atoms with Gasteiger partial charge in [0.15, 0.2) is 0 Å². The summed E-state index contributed by atoms with van der Waals surface area (Å²) in [4.78, 5) is 2.64. The van der Waals surface area contributed by atoms with Crippen molar-refractivity contribution in [3.05, 3.63) is 35.9 Å². The van der Waals surface area contributed by atoms with E-state index in [1.165, 1.54) is 5.56 Å². The Morgan fingerprint density at radius 1 is 1.30 bits per heavy atom. The van der Waals surface area contributed by atoms with Crippen molar-refractivity contribution >= 4 is 0 Å². The van der Waals surface area contributed by atoms with Crippen molar-refractivity contribution in [1.29, 1.82) is 0 Å². The zero-order valence-corrected chi connectivity index (χ0v) is 13.0. The van der Waals surface area contributed by atoms with Gasteiger partial charge in [-0.3, -0.25) is 4.90 Å². The van der Waals surface area contributed by atoms with Gasteiger partial charge in [-0.25, -0.2) is 0 Å². The molecule has 1 heterocycles. The van der Waals surface area contributed by atoms with Gasteiger partial charge in [0.25, 0.3) is 0 Å².